The minimum atomic E-state index is 0.589. The molecule has 2 saturated carbocycles. The molecular weight excluding hydrogens is 182 g/mol. The first-order valence-corrected chi connectivity index (χ1v) is 6.67. The lowest BCUT2D eigenvalue weighted by Crippen LogP contribution is -2.34. The first-order valence-electron chi connectivity index (χ1n) is 6.67. The molecule has 2 aliphatic rings. The van der Waals surface area contributed by atoms with Crippen LogP contribution >= 0.6 is 0 Å². The summed E-state index contributed by atoms with van der Waals surface area (Å²) in [5, 5.41) is 3.82. The Balaban J connectivity index is 1.76. The molecule has 1 atom stereocenters. The number of nitrogens with one attached hydrogen (secondary N) is 1. The van der Waals surface area contributed by atoms with Gasteiger partial charge in [0, 0.05) is 12.6 Å². The van der Waals surface area contributed by atoms with Gasteiger partial charge in [-0.3, -0.25) is 0 Å². The lowest BCUT2D eigenvalue weighted by molar-refractivity contribution is 0.308. The van der Waals surface area contributed by atoms with Crippen molar-refractivity contribution < 1.29 is 0 Å². The fraction of sp³-hybridized carbons (Fsp3) is 1.00. The first kappa shape index (κ1) is 11.4. The molecule has 0 heterocycles. The van der Waals surface area contributed by atoms with E-state index in [1.807, 2.05) is 0 Å². The van der Waals surface area contributed by atoms with Crippen LogP contribution in [0.3, 0.4) is 0 Å². The lowest BCUT2D eigenvalue weighted by Gasteiger charge is -2.24. The molecule has 0 bridgehead atoms. The van der Waals surface area contributed by atoms with Crippen molar-refractivity contribution in [3.63, 3.8) is 0 Å². The molecule has 1 heteroatoms. The minimum absolute atomic E-state index is 0.589. The Morgan fingerprint density at radius 3 is 2.27 bits per heavy atom. The van der Waals surface area contributed by atoms with Crippen molar-refractivity contribution in [2.75, 3.05) is 6.54 Å². The van der Waals surface area contributed by atoms with Crippen LogP contribution in [0.15, 0.2) is 0 Å². The molecule has 0 aromatic heterocycles. The highest BCUT2D eigenvalue weighted by Crippen LogP contribution is 2.51. The summed E-state index contributed by atoms with van der Waals surface area (Å²) in [4.78, 5) is 0. The van der Waals surface area contributed by atoms with E-state index in [1.54, 1.807) is 0 Å². The summed E-state index contributed by atoms with van der Waals surface area (Å²) in [7, 11) is 0. The second-order valence-corrected chi connectivity index (χ2v) is 7.00. The molecular formula is C14H27N. The number of hydrogen-bond donors (Lipinski definition) is 1. The van der Waals surface area contributed by atoms with E-state index < -0.39 is 0 Å². The SMILES string of the molecule is CC(C)C1(CNC2CCC(C)(C)C2)CC1. The van der Waals surface area contributed by atoms with Gasteiger partial charge in [-0.15, -0.1) is 0 Å². The van der Waals surface area contributed by atoms with Crippen LogP contribution in [0, 0.1) is 16.7 Å². The average molecular weight is 209 g/mol. The summed E-state index contributed by atoms with van der Waals surface area (Å²) in [6, 6.07) is 0.802. The van der Waals surface area contributed by atoms with E-state index in [2.05, 4.69) is 33.0 Å². The average Bonchev–Trinajstić information content (AvgIpc) is 2.84. The molecule has 0 spiro atoms. The van der Waals surface area contributed by atoms with Crippen molar-refractivity contribution in [3.05, 3.63) is 0 Å². The van der Waals surface area contributed by atoms with Gasteiger partial charge in [0.1, 0.15) is 0 Å². The molecule has 0 saturated heterocycles. The van der Waals surface area contributed by atoms with Crippen molar-refractivity contribution in [2.24, 2.45) is 16.7 Å². The zero-order valence-corrected chi connectivity index (χ0v) is 10.9. The van der Waals surface area contributed by atoms with Crippen LogP contribution in [-0.4, -0.2) is 12.6 Å². The molecule has 0 aromatic rings. The van der Waals surface area contributed by atoms with Crippen LogP contribution in [-0.2, 0) is 0 Å². The lowest BCUT2D eigenvalue weighted by atomic mass is 9.90. The van der Waals surface area contributed by atoms with E-state index in [0.29, 0.717) is 10.8 Å². The van der Waals surface area contributed by atoms with Crippen LogP contribution in [0.2, 0.25) is 0 Å². The topological polar surface area (TPSA) is 12.0 Å². The van der Waals surface area contributed by atoms with E-state index in [9.17, 15) is 0 Å². The molecule has 1 nitrogen and oxygen atoms in total. The van der Waals surface area contributed by atoms with E-state index in [1.165, 1.54) is 38.6 Å². The fourth-order valence-corrected chi connectivity index (χ4v) is 3.08. The van der Waals surface area contributed by atoms with E-state index in [-0.39, 0.29) is 0 Å². The summed E-state index contributed by atoms with van der Waals surface area (Å²) in [6.45, 7) is 10.8. The first-order chi connectivity index (χ1) is 6.94. The molecule has 2 aliphatic carbocycles. The van der Waals surface area contributed by atoms with Crippen molar-refractivity contribution >= 4 is 0 Å². The van der Waals surface area contributed by atoms with Gasteiger partial charge < -0.3 is 5.32 Å². The maximum atomic E-state index is 3.82. The maximum absolute atomic E-state index is 3.82. The predicted molar refractivity (Wildman–Crippen MR) is 65.9 cm³/mol. The molecule has 2 fully saturated rings. The smallest absolute Gasteiger partial charge is 0.00725 e. The largest absolute Gasteiger partial charge is 0.313 e. The summed E-state index contributed by atoms with van der Waals surface area (Å²) >= 11 is 0. The van der Waals surface area contributed by atoms with Gasteiger partial charge in [-0.05, 0) is 48.9 Å². The zero-order valence-electron chi connectivity index (χ0n) is 10.9. The molecule has 0 amide bonds. The highest BCUT2D eigenvalue weighted by atomic mass is 14.9. The molecule has 0 aliphatic heterocycles. The van der Waals surface area contributed by atoms with E-state index >= 15 is 0 Å². The Morgan fingerprint density at radius 2 is 1.87 bits per heavy atom. The zero-order chi connectivity index (χ0) is 11.1. The van der Waals surface area contributed by atoms with Gasteiger partial charge in [0.15, 0.2) is 0 Å². The van der Waals surface area contributed by atoms with Gasteiger partial charge in [-0.1, -0.05) is 27.7 Å². The third-order valence-corrected chi connectivity index (χ3v) is 4.83. The Hall–Kier alpha value is -0.0400. The normalized spacial score (nSPS) is 32.2. The van der Waals surface area contributed by atoms with Gasteiger partial charge in [-0.25, -0.2) is 0 Å². The Labute approximate surface area is 95.0 Å². The van der Waals surface area contributed by atoms with Gasteiger partial charge in [0.05, 0.1) is 0 Å². The highest BCUT2D eigenvalue weighted by molar-refractivity contribution is 4.98. The molecule has 1 unspecified atom stereocenters. The molecule has 0 radical (unpaired) electrons. The summed E-state index contributed by atoms with van der Waals surface area (Å²) < 4.78 is 0. The second kappa shape index (κ2) is 3.76. The van der Waals surface area contributed by atoms with Crippen molar-refractivity contribution in [3.8, 4) is 0 Å². The number of rotatable bonds is 4. The number of hydrogen-bond acceptors (Lipinski definition) is 1. The molecule has 1 N–H and O–H groups in total. The van der Waals surface area contributed by atoms with Gasteiger partial charge in [-0.2, -0.15) is 0 Å². The van der Waals surface area contributed by atoms with Gasteiger partial charge in [0.25, 0.3) is 0 Å². The van der Waals surface area contributed by atoms with Crippen LogP contribution in [0.1, 0.15) is 59.8 Å². The quantitative estimate of drug-likeness (QED) is 0.746. The van der Waals surface area contributed by atoms with Crippen molar-refractivity contribution in [1.82, 2.24) is 5.32 Å². The van der Waals surface area contributed by atoms with Crippen LogP contribution in [0.4, 0.5) is 0 Å². The third-order valence-electron chi connectivity index (χ3n) is 4.83. The van der Waals surface area contributed by atoms with Gasteiger partial charge >= 0.3 is 0 Å². The highest BCUT2D eigenvalue weighted by Gasteiger charge is 2.45. The molecule has 0 aromatic carbocycles. The Morgan fingerprint density at radius 1 is 1.20 bits per heavy atom. The standard InChI is InChI=1S/C14H27N/c1-11(2)14(7-8-14)10-15-12-5-6-13(3,4)9-12/h11-12,15H,5-10H2,1-4H3. The molecule has 2 rings (SSSR count). The van der Waals surface area contributed by atoms with Crippen molar-refractivity contribution in [1.29, 1.82) is 0 Å². The van der Waals surface area contributed by atoms with Crippen LogP contribution < -0.4 is 5.32 Å². The maximum Gasteiger partial charge on any atom is 0.00725 e. The Kier molecular flexibility index (Phi) is 2.87. The summed E-state index contributed by atoms with van der Waals surface area (Å²) in [6.07, 6.45) is 7.07. The van der Waals surface area contributed by atoms with E-state index in [0.717, 1.165) is 12.0 Å². The monoisotopic (exact) mass is 209 g/mol. The Bertz CT molecular complexity index is 225. The molecule has 88 valence electrons. The van der Waals surface area contributed by atoms with Crippen LogP contribution in [0.25, 0.3) is 0 Å². The van der Waals surface area contributed by atoms with Gasteiger partial charge in [0.2, 0.25) is 0 Å². The van der Waals surface area contributed by atoms with Crippen LogP contribution in [0.5, 0.6) is 0 Å². The minimum Gasteiger partial charge on any atom is -0.313 e. The fourth-order valence-electron chi connectivity index (χ4n) is 3.08. The summed E-state index contributed by atoms with van der Waals surface area (Å²) in [5.41, 5.74) is 1.26. The molecule has 15 heavy (non-hydrogen) atoms. The van der Waals surface area contributed by atoms with Crippen molar-refractivity contribution in [2.45, 2.75) is 65.8 Å². The summed E-state index contributed by atoms with van der Waals surface area (Å²) in [5.74, 6) is 0.861. The van der Waals surface area contributed by atoms with E-state index in [4.69, 9.17) is 0 Å². The second-order valence-electron chi connectivity index (χ2n) is 7.00. The third kappa shape index (κ3) is 2.55. The predicted octanol–water partition coefficient (Wildman–Crippen LogP) is 3.59.